The summed E-state index contributed by atoms with van der Waals surface area (Å²) in [7, 11) is -3.31. The molecule has 2 aromatic rings. The van der Waals surface area contributed by atoms with Crippen LogP contribution in [0.25, 0.3) is 0 Å². The number of benzene rings is 2. The number of rotatable bonds is 6. The van der Waals surface area contributed by atoms with Crippen molar-refractivity contribution in [3.63, 3.8) is 0 Å². The molecule has 7 heteroatoms. The fourth-order valence-corrected chi connectivity index (χ4v) is 4.06. The maximum absolute atomic E-state index is 12.1. The van der Waals surface area contributed by atoms with Crippen LogP contribution in [0.15, 0.2) is 53.4 Å². The minimum absolute atomic E-state index is 0.00999. The zero-order valence-electron chi connectivity index (χ0n) is 12.1. The van der Waals surface area contributed by atoms with E-state index in [-0.39, 0.29) is 18.2 Å². The number of halogens is 2. The summed E-state index contributed by atoms with van der Waals surface area (Å²) in [5.41, 5.74) is 0.490. The smallest absolute Gasteiger partial charge is 0.252 e. The molecule has 4 nitrogen and oxygen atoms in total. The fourth-order valence-electron chi connectivity index (χ4n) is 1.98. The molecule has 122 valence electrons. The van der Waals surface area contributed by atoms with E-state index < -0.39 is 9.84 Å². The molecule has 0 aliphatic rings. The highest BCUT2D eigenvalue weighted by molar-refractivity contribution is 14.1. The van der Waals surface area contributed by atoms with Gasteiger partial charge in [0, 0.05) is 15.1 Å². The average Bonchev–Trinajstić information content (AvgIpc) is 2.54. The van der Waals surface area contributed by atoms with Crippen LogP contribution in [-0.4, -0.2) is 26.6 Å². The lowest BCUT2D eigenvalue weighted by atomic mass is 10.2. The second kappa shape index (κ2) is 8.12. The van der Waals surface area contributed by atoms with Gasteiger partial charge in [-0.05, 0) is 59.3 Å². The Kier molecular flexibility index (Phi) is 6.43. The molecule has 0 spiro atoms. The highest BCUT2D eigenvalue weighted by Gasteiger charge is 2.14. The maximum atomic E-state index is 12.1. The molecule has 0 fully saturated rings. The van der Waals surface area contributed by atoms with Crippen LogP contribution in [0.5, 0.6) is 0 Å². The maximum Gasteiger partial charge on any atom is 0.252 e. The van der Waals surface area contributed by atoms with E-state index in [4.69, 9.17) is 11.6 Å². The summed E-state index contributed by atoms with van der Waals surface area (Å²) in [6, 6.07) is 13.4. The molecule has 0 unspecified atom stereocenters. The molecule has 0 radical (unpaired) electrons. The second-order valence-electron chi connectivity index (χ2n) is 4.87. The molecule has 0 aliphatic heterocycles. The molecule has 23 heavy (non-hydrogen) atoms. The summed E-state index contributed by atoms with van der Waals surface area (Å²) >= 11 is 7.95. The Morgan fingerprint density at radius 2 is 1.83 bits per heavy atom. The van der Waals surface area contributed by atoms with Crippen LogP contribution in [-0.2, 0) is 9.84 Å². The molecule has 0 atom stereocenters. The number of carbonyl (C=O) groups is 1. The Hall–Kier alpha value is -1.12. The van der Waals surface area contributed by atoms with Gasteiger partial charge in [-0.2, -0.15) is 0 Å². The minimum Gasteiger partial charge on any atom is -0.352 e. The molecule has 0 heterocycles. The SMILES string of the molecule is O=C(NCCCS(=O)(=O)c1ccccc1)c1cc(Cl)ccc1I. The van der Waals surface area contributed by atoms with Crippen molar-refractivity contribution in [3.05, 3.63) is 62.7 Å². The molecular weight excluding hydrogens is 449 g/mol. The van der Waals surface area contributed by atoms with Crippen LogP contribution in [0.4, 0.5) is 0 Å². The van der Waals surface area contributed by atoms with Gasteiger partial charge in [-0.3, -0.25) is 4.79 Å². The van der Waals surface area contributed by atoms with Crippen molar-refractivity contribution in [1.29, 1.82) is 0 Å². The molecule has 0 bridgehead atoms. The van der Waals surface area contributed by atoms with Crippen molar-refractivity contribution >= 4 is 49.9 Å². The molecule has 2 aromatic carbocycles. The van der Waals surface area contributed by atoms with E-state index in [9.17, 15) is 13.2 Å². The standard InChI is InChI=1S/C16H15ClINO3S/c17-12-7-8-15(18)14(11-12)16(20)19-9-4-10-23(21,22)13-5-2-1-3-6-13/h1-3,5-8,11H,4,9-10H2,(H,19,20). The van der Waals surface area contributed by atoms with E-state index in [1.807, 2.05) is 0 Å². The number of hydrogen-bond acceptors (Lipinski definition) is 3. The van der Waals surface area contributed by atoms with Crippen LogP contribution in [0.2, 0.25) is 5.02 Å². The predicted molar refractivity (Wildman–Crippen MR) is 99.6 cm³/mol. The first-order valence-corrected chi connectivity index (χ1v) is 10.0. The van der Waals surface area contributed by atoms with Crippen molar-refractivity contribution in [1.82, 2.24) is 5.32 Å². The van der Waals surface area contributed by atoms with Gasteiger partial charge >= 0.3 is 0 Å². The van der Waals surface area contributed by atoms with Gasteiger partial charge in [0.15, 0.2) is 9.84 Å². The fraction of sp³-hybridized carbons (Fsp3) is 0.188. The van der Waals surface area contributed by atoms with Crippen molar-refractivity contribution < 1.29 is 13.2 Å². The second-order valence-corrected chi connectivity index (χ2v) is 8.57. The third-order valence-electron chi connectivity index (χ3n) is 3.15. The molecule has 0 aromatic heterocycles. The Morgan fingerprint density at radius 3 is 2.52 bits per heavy atom. The Balaban J connectivity index is 1.88. The number of sulfone groups is 1. The Labute approximate surface area is 154 Å². The highest BCUT2D eigenvalue weighted by Crippen LogP contribution is 2.18. The van der Waals surface area contributed by atoms with E-state index in [0.717, 1.165) is 3.57 Å². The van der Waals surface area contributed by atoms with Crippen LogP contribution >= 0.6 is 34.2 Å². The Bertz CT molecular complexity index is 794. The van der Waals surface area contributed by atoms with Gasteiger partial charge in [0.25, 0.3) is 5.91 Å². The molecule has 0 saturated carbocycles. The van der Waals surface area contributed by atoms with E-state index >= 15 is 0 Å². The normalized spacial score (nSPS) is 11.2. The van der Waals surface area contributed by atoms with Crippen molar-refractivity contribution in [3.8, 4) is 0 Å². The van der Waals surface area contributed by atoms with Crippen molar-refractivity contribution in [2.75, 3.05) is 12.3 Å². The van der Waals surface area contributed by atoms with E-state index in [2.05, 4.69) is 27.9 Å². The van der Waals surface area contributed by atoms with Gasteiger partial charge in [-0.15, -0.1) is 0 Å². The van der Waals surface area contributed by atoms with Crippen LogP contribution in [0.1, 0.15) is 16.8 Å². The molecule has 0 aliphatic carbocycles. The zero-order chi connectivity index (χ0) is 16.9. The average molecular weight is 464 g/mol. The summed E-state index contributed by atoms with van der Waals surface area (Å²) in [6.07, 6.45) is 0.347. The number of carbonyl (C=O) groups excluding carboxylic acids is 1. The first-order valence-electron chi connectivity index (χ1n) is 6.91. The van der Waals surface area contributed by atoms with E-state index in [0.29, 0.717) is 21.9 Å². The first-order chi connectivity index (χ1) is 10.9. The summed E-state index contributed by atoms with van der Waals surface area (Å²) in [5, 5.41) is 3.21. The van der Waals surface area contributed by atoms with E-state index in [1.165, 1.54) is 0 Å². The largest absolute Gasteiger partial charge is 0.352 e. The number of nitrogens with one attached hydrogen (secondary N) is 1. The van der Waals surface area contributed by atoms with Crippen molar-refractivity contribution in [2.24, 2.45) is 0 Å². The summed E-state index contributed by atoms with van der Waals surface area (Å²) in [6.45, 7) is 0.285. The summed E-state index contributed by atoms with van der Waals surface area (Å²) < 4.78 is 25.0. The predicted octanol–water partition coefficient (Wildman–Crippen LogP) is 3.54. The lowest BCUT2D eigenvalue weighted by molar-refractivity contribution is 0.0953. The van der Waals surface area contributed by atoms with Gasteiger partial charge in [-0.25, -0.2) is 8.42 Å². The van der Waals surface area contributed by atoms with Crippen LogP contribution in [0.3, 0.4) is 0 Å². The lowest BCUT2D eigenvalue weighted by Crippen LogP contribution is -2.26. The summed E-state index contributed by atoms with van der Waals surface area (Å²) in [5.74, 6) is -0.266. The monoisotopic (exact) mass is 463 g/mol. The van der Waals surface area contributed by atoms with Gasteiger partial charge in [0.2, 0.25) is 0 Å². The first kappa shape index (κ1) is 18.2. The van der Waals surface area contributed by atoms with Crippen molar-refractivity contribution in [2.45, 2.75) is 11.3 Å². The molecule has 2 rings (SSSR count). The highest BCUT2D eigenvalue weighted by atomic mass is 127. The number of hydrogen-bond donors (Lipinski definition) is 1. The van der Waals surface area contributed by atoms with Crippen LogP contribution in [0, 0.1) is 3.57 Å². The third kappa shape index (κ3) is 5.19. The topological polar surface area (TPSA) is 63.2 Å². The molecule has 0 saturated heterocycles. The van der Waals surface area contributed by atoms with Crippen LogP contribution < -0.4 is 5.32 Å². The minimum atomic E-state index is -3.31. The quantitative estimate of drug-likeness (QED) is 0.526. The van der Waals surface area contributed by atoms with Gasteiger partial charge < -0.3 is 5.32 Å². The zero-order valence-corrected chi connectivity index (χ0v) is 15.9. The summed E-state index contributed by atoms with van der Waals surface area (Å²) in [4.78, 5) is 12.4. The molecule has 1 amide bonds. The molecule has 1 N–H and O–H groups in total. The van der Waals surface area contributed by atoms with Gasteiger partial charge in [0.05, 0.1) is 16.2 Å². The van der Waals surface area contributed by atoms with E-state index in [1.54, 1.807) is 48.5 Å². The van der Waals surface area contributed by atoms with Gasteiger partial charge in [-0.1, -0.05) is 29.8 Å². The Morgan fingerprint density at radius 1 is 1.13 bits per heavy atom. The lowest BCUT2D eigenvalue weighted by Gasteiger charge is -2.08. The van der Waals surface area contributed by atoms with Gasteiger partial charge in [0.1, 0.15) is 0 Å². The third-order valence-corrected chi connectivity index (χ3v) is 6.14. The number of amides is 1. The molecular formula is C16H15ClINO3S.